The molecule has 3 aromatic rings. The first-order valence-corrected chi connectivity index (χ1v) is 10.3. The van der Waals surface area contributed by atoms with Crippen LogP contribution >= 0.6 is 0 Å². The number of rotatable bonds is 7. The Balaban J connectivity index is 1.66. The van der Waals surface area contributed by atoms with E-state index in [0.717, 1.165) is 12.3 Å². The van der Waals surface area contributed by atoms with Gasteiger partial charge in [0, 0.05) is 12.3 Å². The number of carbonyl (C=O) groups excluding carboxylic acids is 2. The number of carbonyl (C=O) groups is 2. The summed E-state index contributed by atoms with van der Waals surface area (Å²) in [5.74, 6) is -4.74. The molecule has 0 radical (unpaired) electrons. The van der Waals surface area contributed by atoms with Gasteiger partial charge in [0.05, 0.1) is 11.1 Å². The van der Waals surface area contributed by atoms with Crippen molar-refractivity contribution in [3.05, 3.63) is 105 Å². The quantitative estimate of drug-likeness (QED) is 0.501. The number of nitrogens with zero attached hydrogens (tertiary/aromatic N) is 1. The minimum Gasteiger partial charge on any atom is -0.456 e. The summed E-state index contributed by atoms with van der Waals surface area (Å²) in [5.41, 5.74) is -1.73. The van der Waals surface area contributed by atoms with Gasteiger partial charge in [0.2, 0.25) is 0 Å². The lowest BCUT2D eigenvalue weighted by atomic mass is 10.1. The number of benzene rings is 2. The van der Waals surface area contributed by atoms with Crippen LogP contribution in [0.2, 0.25) is 0 Å². The van der Waals surface area contributed by atoms with Crippen molar-refractivity contribution in [1.82, 2.24) is 9.55 Å². The predicted molar refractivity (Wildman–Crippen MR) is 114 cm³/mol. The molecule has 1 aromatic heterocycles. The average Bonchev–Trinajstić information content (AvgIpc) is 3.15. The summed E-state index contributed by atoms with van der Waals surface area (Å²) in [7, 11) is 0. The van der Waals surface area contributed by atoms with Crippen LogP contribution < -0.4 is 11.2 Å². The van der Waals surface area contributed by atoms with Crippen LogP contribution in [0.3, 0.4) is 0 Å². The Morgan fingerprint density at radius 3 is 2.14 bits per heavy atom. The zero-order valence-electron chi connectivity index (χ0n) is 17.8. The first-order chi connectivity index (χ1) is 16.8. The van der Waals surface area contributed by atoms with E-state index in [1.165, 1.54) is 36.4 Å². The second kappa shape index (κ2) is 9.99. The van der Waals surface area contributed by atoms with Crippen LogP contribution in [0.1, 0.15) is 26.9 Å². The van der Waals surface area contributed by atoms with Gasteiger partial charge in [0.15, 0.2) is 25.1 Å². The molecule has 2 heterocycles. The molecule has 1 N–H and O–H groups in total. The van der Waals surface area contributed by atoms with E-state index in [1.54, 1.807) is 24.3 Å². The van der Waals surface area contributed by atoms with Gasteiger partial charge in [-0.05, 0) is 28.8 Å². The van der Waals surface area contributed by atoms with Gasteiger partial charge in [-0.2, -0.15) is 4.94 Å². The average molecular weight is 488 g/mol. The molecule has 0 amide bonds. The molecular formula is C23H18F2N2O8. The maximum atomic E-state index is 15.6. The lowest BCUT2D eigenvalue weighted by molar-refractivity contribution is -0.371. The maximum absolute atomic E-state index is 15.6. The van der Waals surface area contributed by atoms with Gasteiger partial charge in [-0.1, -0.05) is 36.4 Å². The Kier molecular flexibility index (Phi) is 6.85. The van der Waals surface area contributed by atoms with Gasteiger partial charge in [0.25, 0.3) is 11.3 Å². The third kappa shape index (κ3) is 4.88. The number of alkyl halides is 1. The molecule has 1 aliphatic rings. The molecule has 0 spiro atoms. The van der Waals surface area contributed by atoms with E-state index in [4.69, 9.17) is 14.2 Å². The second-order valence-corrected chi connectivity index (χ2v) is 7.49. The van der Waals surface area contributed by atoms with Crippen molar-refractivity contribution in [2.45, 2.75) is 24.3 Å². The van der Waals surface area contributed by atoms with Crippen LogP contribution in [0.5, 0.6) is 0 Å². The summed E-state index contributed by atoms with van der Waals surface area (Å²) in [6.07, 6.45) is -5.48. The number of hydrogen-bond donors (Lipinski definition) is 1. The fourth-order valence-corrected chi connectivity index (χ4v) is 3.50. The lowest BCUT2D eigenvalue weighted by Crippen LogP contribution is -2.50. The van der Waals surface area contributed by atoms with Crippen LogP contribution in [-0.4, -0.2) is 46.2 Å². The number of esters is 2. The molecule has 1 aliphatic heterocycles. The van der Waals surface area contributed by atoms with E-state index in [9.17, 15) is 23.7 Å². The Labute approximate surface area is 195 Å². The number of aromatic amines is 1. The SMILES string of the molecule is O=C(OC[C@@]1(OF)O[C@@H](n2ccc(=O)[nH]c2=O)[C@H](F)[C@@H]1OC(=O)c1ccccc1)c1ccccc1. The molecule has 1 saturated heterocycles. The molecule has 1 fully saturated rings. The number of hydrogen-bond acceptors (Lipinski definition) is 8. The second-order valence-electron chi connectivity index (χ2n) is 7.49. The molecule has 10 nitrogen and oxygen atoms in total. The number of halogens is 2. The Hall–Kier alpha value is -4.16. The molecule has 12 heteroatoms. The normalized spacial score (nSPS) is 23.5. The summed E-state index contributed by atoms with van der Waals surface area (Å²) in [6, 6.07) is 16.0. The molecule has 4 rings (SSSR count). The molecule has 4 atom stereocenters. The van der Waals surface area contributed by atoms with Gasteiger partial charge in [-0.3, -0.25) is 14.3 Å². The highest BCUT2D eigenvalue weighted by Crippen LogP contribution is 2.42. The van der Waals surface area contributed by atoms with Gasteiger partial charge in [0.1, 0.15) is 0 Å². The first kappa shape index (κ1) is 24.0. The van der Waals surface area contributed by atoms with Crippen LogP contribution in [0.15, 0.2) is 82.5 Å². The molecule has 0 unspecified atom stereocenters. The standard InChI is InChI=1S/C23H18F2N2O8/c24-17-18(33-21(30)15-9-5-2-6-10-15)23(35-25,13-32-20(29)14-7-3-1-4-8-14)34-19(17)27-12-11-16(28)26-22(27)31/h1-12,17-19H,13H2,(H,26,28,31)/t17-,18+,19-,23+/m1/s1. The summed E-state index contributed by atoms with van der Waals surface area (Å²) in [5, 5.41) is 0. The highest BCUT2D eigenvalue weighted by Gasteiger charge is 2.62. The van der Waals surface area contributed by atoms with Crippen molar-refractivity contribution in [2.75, 3.05) is 6.61 Å². The zero-order chi connectivity index (χ0) is 25.0. The minimum absolute atomic E-state index is 0.0124. The molecule has 2 aromatic carbocycles. The van der Waals surface area contributed by atoms with Crippen molar-refractivity contribution in [3.8, 4) is 0 Å². The maximum Gasteiger partial charge on any atom is 0.338 e. The van der Waals surface area contributed by atoms with Crippen molar-refractivity contribution >= 4 is 11.9 Å². The molecule has 0 saturated carbocycles. The highest BCUT2D eigenvalue weighted by atomic mass is 19.3. The van der Waals surface area contributed by atoms with E-state index in [2.05, 4.69) is 4.94 Å². The van der Waals surface area contributed by atoms with Crippen molar-refractivity contribution in [1.29, 1.82) is 0 Å². The Morgan fingerprint density at radius 2 is 1.57 bits per heavy atom. The van der Waals surface area contributed by atoms with Crippen molar-refractivity contribution in [2.24, 2.45) is 0 Å². The van der Waals surface area contributed by atoms with E-state index in [1.807, 2.05) is 4.98 Å². The lowest BCUT2D eigenvalue weighted by Gasteiger charge is -2.28. The first-order valence-electron chi connectivity index (χ1n) is 10.3. The fourth-order valence-electron chi connectivity index (χ4n) is 3.50. The van der Waals surface area contributed by atoms with E-state index in [-0.39, 0.29) is 11.1 Å². The van der Waals surface area contributed by atoms with E-state index >= 15 is 4.39 Å². The van der Waals surface area contributed by atoms with Crippen molar-refractivity contribution in [3.63, 3.8) is 0 Å². The van der Waals surface area contributed by atoms with E-state index in [0.29, 0.717) is 4.57 Å². The van der Waals surface area contributed by atoms with Crippen molar-refractivity contribution < 1.29 is 37.7 Å². The highest BCUT2D eigenvalue weighted by molar-refractivity contribution is 5.90. The van der Waals surface area contributed by atoms with Crippen LogP contribution in [0, 0.1) is 0 Å². The summed E-state index contributed by atoms with van der Waals surface area (Å²) >= 11 is 0. The van der Waals surface area contributed by atoms with Crippen LogP contribution in [0.25, 0.3) is 0 Å². The van der Waals surface area contributed by atoms with E-state index < -0.39 is 54.1 Å². The molecule has 35 heavy (non-hydrogen) atoms. The predicted octanol–water partition coefficient (Wildman–Crippen LogP) is 2.08. The summed E-state index contributed by atoms with van der Waals surface area (Å²) < 4.78 is 45.8. The third-order valence-electron chi connectivity index (χ3n) is 5.23. The zero-order valence-corrected chi connectivity index (χ0v) is 17.8. The Morgan fingerprint density at radius 1 is 0.971 bits per heavy atom. The minimum atomic E-state index is -2.77. The Bertz CT molecular complexity index is 1310. The number of H-pyrrole nitrogens is 1. The van der Waals surface area contributed by atoms with Gasteiger partial charge >= 0.3 is 17.6 Å². The van der Waals surface area contributed by atoms with Crippen LogP contribution in [0.4, 0.5) is 8.92 Å². The monoisotopic (exact) mass is 488 g/mol. The molecule has 0 bridgehead atoms. The fraction of sp³-hybridized carbons (Fsp3) is 0.217. The molecule has 182 valence electrons. The number of aromatic nitrogens is 2. The van der Waals surface area contributed by atoms with Gasteiger partial charge in [-0.25, -0.2) is 18.8 Å². The number of ether oxygens (including phenoxy) is 3. The third-order valence-corrected chi connectivity index (χ3v) is 5.23. The van der Waals surface area contributed by atoms with Gasteiger partial charge < -0.3 is 14.2 Å². The van der Waals surface area contributed by atoms with Crippen LogP contribution in [-0.2, 0) is 19.2 Å². The van der Waals surface area contributed by atoms with Gasteiger partial charge in [-0.15, -0.1) is 0 Å². The summed E-state index contributed by atoms with van der Waals surface area (Å²) in [6.45, 7) is -1.04. The summed E-state index contributed by atoms with van der Waals surface area (Å²) in [4.78, 5) is 54.4. The molecule has 0 aliphatic carbocycles. The smallest absolute Gasteiger partial charge is 0.338 e. The molecular weight excluding hydrogens is 470 g/mol. The number of nitrogens with one attached hydrogen (secondary N) is 1. The topological polar surface area (TPSA) is 126 Å². The largest absolute Gasteiger partial charge is 0.456 e.